The Bertz CT molecular complexity index is 852. The zero-order chi connectivity index (χ0) is 16.2. The van der Waals surface area contributed by atoms with Gasteiger partial charge in [-0.05, 0) is 18.2 Å². The Balaban J connectivity index is 1.90. The van der Waals surface area contributed by atoms with Crippen molar-refractivity contribution in [2.45, 2.75) is 0 Å². The molecule has 3 rings (SSSR count). The molecule has 2 aromatic carbocycles. The summed E-state index contributed by atoms with van der Waals surface area (Å²) in [5.74, 6) is -0.123. The third-order valence-corrected chi connectivity index (χ3v) is 3.49. The number of esters is 1. The molecule has 0 bridgehead atoms. The van der Waals surface area contributed by atoms with Crippen LogP contribution in [0.4, 0.5) is 0 Å². The van der Waals surface area contributed by atoms with Gasteiger partial charge >= 0.3 is 5.97 Å². The molecular weight excluding hydrogens is 294 g/mol. The van der Waals surface area contributed by atoms with Crippen molar-refractivity contribution in [1.82, 2.24) is 4.57 Å². The van der Waals surface area contributed by atoms with Crippen molar-refractivity contribution < 1.29 is 19.1 Å². The van der Waals surface area contributed by atoms with Gasteiger partial charge in [0.05, 0.1) is 18.2 Å². The third kappa shape index (κ3) is 2.94. The van der Waals surface area contributed by atoms with Crippen LogP contribution in [0.15, 0.2) is 60.8 Å². The van der Waals surface area contributed by atoms with E-state index in [1.165, 1.54) is 17.9 Å². The number of fused-ring (bicyclic) bond motifs is 1. The first-order chi connectivity index (χ1) is 11.2. The molecule has 0 saturated carbocycles. The standard InChI is InChI=1S/C18H15NO4/c1-22-18(21)15-11-19(16-10-6-5-9-14(15)16)17(20)12-23-13-7-3-2-4-8-13/h2-11H,12H2,1H3. The molecule has 1 aromatic heterocycles. The van der Waals surface area contributed by atoms with Crippen LogP contribution in [0.3, 0.4) is 0 Å². The second-order valence-electron chi connectivity index (χ2n) is 4.92. The van der Waals surface area contributed by atoms with Crippen molar-refractivity contribution in [1.29, 1.82) is 0 Å². The molecule has 116 valence electrons. The van der Waals surface area contributed by atoms with E-state index in [1.54, 1.807) is 24.3 Å². The van der Waals surface area contributed by atoms with Gasteiger partial charge in [-0.3, -0.25) is 9.36 Å². The second-order valence-corrected chi connectivity index (χ2v) is 4.92. The number of ether oxygens (including phenoxy) is 2. The highest BCUT2D eigenvalue weighted by Crippen LogP contribution is 2.22. The molecule has 0 amide bonds. The number of para-hydroxylation sites is 2. The lowest BCUT2D eigenvalue weighted by Gasteiger charge is -2.06. The van der Waals surface area contributed by atoms with Crippen LogP contribution in [0.25, 0.3) is 10.9 Å². The fraction of sp³-hybridized carbons (Fsp3) is 0.111. The van der Waals surface area contributed by atoms with Gasteiger partial charge in [0.1, 0.15) is 5.75 Å². The van der Waals surface area contributed by atoms with Crippen LogP contribution < -0.4 is 4.74 Å². The van der Waals surface area contributed by atoms with E-state index in [9.17, 15) is 9.59 Å². The van der Waals surface area contributed by atoms with Gasteiger partial charge in [-0.25, -0.2) is 4.79 Å². The maximum absolute atomic E-state index is 12.4. The Kier molecular flexibility index (Phi) is 4.10. The van der Waals surface area contributed by atoms with Crippen LogP contribution in [-0.4, -0.2) is 30.2 Å². The lowest BCUT2D eigenvalue weighted by molar-refractivity contribution is 0.0603. The number of hydrogen-bond acceptors (Lipinski definition) is 4. The number of hydrogen-bond donors (Lipinski definition) is 0. The van der Waals surface area contributed by atoms with Crippen LogP contribution in [-0.2, 0) is 4.74 Å². The van der Waals surface area contributed by atoms with Crippen LogP contribution >= 0.6 is 0 Å². The van der Waals surface area contributed by atoms with Gasteiger partial charge in [0, 0.05) is 11.6 Å². The van der Waals surface area contributed by atoms with E-state index in [0.717, 1.165) is 0 Å². The van der Waals surface area contributed by atoms with Crippen LogP contribution in [0.1, 0.15) is 15.2 Å². The summed E-state index contributed by atoms with van der Waals surface area (Å²) < 4.78 is 11.7. The minimum absolute atomic E-state index is 0.122. The molecule has 0 unspecified atom stereocenters. The summed E-state index contributed by atoms with van der Waals surface area (Å²) in [5, 5.41) is 0.674. The smallest absolute Gasteiger partial charge is 0.340 e. The average Bonchev–Trinajstić information content (AvgIpc) is 3.00. The highest BCUT2D eigenvalue weighted by molar-refractivity contribution is 6.07. The molecule has 0 radical (unpaired) electrons. The van der Waals surface area contributed by atoms with E-state index in [4.69, 9.17) is 9.47 Å². The molecule has 1 heterocycles. The number of methoxy groups -OCH3 is 1. The molecule has 0 saturated heterocycles. The van der Waals surface area contributed by atoms with Gasteiger partial charge in [0.25, 0.3) is 5.91 Å². The van der Waals surface area contributed by atoms with Gasteiger partial charge in [-0.1, -0.05) is 36.4 Å². The summed E-state index contributed by atoms with van der Waals surface area (Å²) in [6, 6.07) is 16.3. The predicted octanol–water partition coefficient (Wildman–Crippen LogP) is 3.15. The molecule has 5 nitrogen and oxygen atoms in total. The summed E-state index contributed by atoms with van der Waals surface area (Å²) in [6.07, 6.45) is 1.49. The number of aromatic nitrogens is 1. The summed E-state index contributed by atoms with van der Waals surface area (Å²) in [6.45, 7) is -0.122. The summed E-state index contributed by atoms with van der Waals surface area (Å²) in [7, 11) is 1.31. The topological polar surface area (TPSA) is 57.5 Å². The Morgan fingerprint density at radius 2 is 1.70 bits per heavy atom. The van der Waals surface area contributed by atoms with Gasteiger partial charge < -0.3 is 9.47 Å². The number of rotatable bonds is 4. The van der Waals surface area contributed by atoms with E-state index in [-0.39, 0.29) is 12.5 Å². The molecule has 0 N–H and O–H groups in total. The number of carbonyl (C=O) groups is 2. The lowest BCUT2D eigenvalue weighted by atomic mass is 10.2. The first-order valence-electron chi connectivity index (χ1n) is 7.10. The van der Waals surface area contributed by atoms with E-state index in [0.29, 0.717) is 22.2 Å². The highest BCUT2D eigenvalue weighted by Gasteiger charge is 2.18. The van der Waals surface area contributed by atoms with Crippen LogP contribution in [0, 0.1) is 0 Å². The first kappa shape index (κ1) is 14.8. The largest absolute Gasteiger partial charge is 0.484 e. The summed E-state index contributed by atoms with van der Waals surface area (Å²) >= 11 is 0. The number of carbonyl (C=O) groups excluding carboxylic acids is 2. The monoisotopic (exact) mass is 309 g/mol. The fourth-order valence-corrected chi connectivity index (χ4v) is 2.39. The van der Waals surface area contributed by atoms with E-state index in [2.05, 4.69) is 0 Å². The molecule has 0 fully saturated rings. The van der Waals surface area contributed by atoms with Gasteiger partial charge in [-0.15, -0.1) is 0 Å². The van der Waals surface area contributed by atoms with Crippen molar-refractivity contribution in [3.8, 4) is 5.75 Å². The molecule has 3 aromatic rings. The van der Waals surface area contributed by atoms with Crippen LogP contribution in [0.5, 0.6) is 5.75 Å². The molecule has 23 heavy (non-hydrogen) atoms. The summed E-state index contributed by atoms with van der Waals surface area (Å²) in [4.78, 5) is 24.3. The molecular formula is C18H15NO4. The highest BCUT2D eigenvalue weighted by atomic mass is 16.5. The maximum atomic E-state index is 12.4. The fourth-order valence-electron chi connectivity index (χ4n) is 2.39. The van der Waals surface area contributed by atoms with E-state index >= 15 is 0 Å². The minimum atomic E-state index is -0.475. The van der Waals surface area contributed by atoms with Gasteiger partial charge in [0.15, 0.2) is 6.61 Å². The molecule has 0 aliphatic rings. The number of nitrogens with zero attached hydrogens (tertiary/aromatic N) is 1. The lowest BCUT2D eigenvalue weighted by Crippen LogP contribution is -2.18. The van der Waals surface area contributed by atoms with Crippen molar-refractivity contribution in [3.05, 3.63) is 66.4 Å². The molecule has 0 aliphatic carbocycles. The second kappa shape index (κ2) is 6.36. The predicted molar refractivity (Wildman–Crippen MR) is 85.8 cm³/mol. The van der Waals surface area contributed by atoms with Crippen molar-refractivity contribution in [2.75, 3.05) is 13.7 Å². The van der Waals surface area contributed by atoms with Crippen molar-refractivity contribution in [3.63, 3.8) is 0 Å². The van der Waals surface area contributed by atoms with Crippen molar-refractivity contribution in [2.24, 2.45) is 0 Å². The Morgan fingerprint density at radius 1 is 1.00 bits per heavy atom. The normalized spacial score (nSPS) is 10.5. The molecule has 0 atom stereocenters. The number of benzene rings is 2. The Labute approximate surface area is 133 Å². The zero-order valence-electron chi connectivity index (χ0n) is 12.6. The molecule has 0 aliphatic heterocycles. The van der Waals surface area contributed by atoms with Gasteiger partial charge in [0.2, 0.25) is 0 Å². The maximum Gasteiger partial charge on any atom is 0.340 e. The molecule has 5 heteroatoms. The van der Waals surface area contributed by atoms with Gasteiger partial charge in [-0.2, -0.15) is 0 Å². The minimum Gasteiger partial charge on any atom is -0.484 e. The van der Waals surface area contributed by atoms with Crippen LogP contribution in [0.2, 0.25) is 0 Å². The zero-order valence-corrected chi connectivity index (χ0v) is 12.6. The SMILES string of the molecule is COC(=O)c1cn(C(=O)COc2ccccc2)c2ccccc12. The Morgan fingerprint density at radius 3 is 2.43 bits per heavy atom. The summed E-state index contributed by atoms with van der Waals surface area (Å²) in [5.41, 5.74) is 1.01. The third-order valence-electron chi connectivity index (χ3n) is 3.49. The molecule has 0 spiro atoms. The Hall–Kier alpha value is -3.08. The van der Waals surface area contributed by atoms with E-state index < -0.39 is 5.97 Å². The quantitative estimate of drug-likeness (QED) is 0.695. The first-order valence-corrected chi connectivity index (χ1v) is 7.10. The van der Waals surface area contributed by atoms with E-state index in [1.807, 2.05) is 30.3 Å². The average molecular weight is 309 g/mol. The van der Waals surface area contributed by atoms with Crippen molar-refractivity contribution >= 4 is 22.8 Å².